The summed E-state index contributed by atoms with van der Waals surface area (Å²) in [7, 11) is 0. The van der Waals surface area contributed by atoms with Crippen LogP contribution >= 0.6 is 0 Å². The first-order valence-corrected chi connectivity index (χ1v) is 12.3. The molecule has 34 heavy (non-hydrogen) atoms. The zero-order valence-corrected chi connectivity index (χ0v) is 19.5. The quantitative estimate of drug-likeness (QED) is 0.453. The van der Waals surface area contributed by atoms with Gasteiger partial charge in [0.1, 0.15) is 28.9 Å². The van der Waals surface area contributed by atoms with Crippen molar-refractivity contribution in [1.82, 2.24) is 9.62 Å². The van der Waals surface area contributed by atoms with Crippen LogP contribution in [-0.2, 0) is 22.6 Å². The van der Waals surface area contributed by atoms with Gasteiger partial charge >= 0.3 is 0 Å². The zero-order chi connectivity index (χ0) is 24.8. The highest BCUT2D eigenvalue weighted by molar-refractivity contribution is 7.90. The number of halogens is 4. The maximum absolute atomic E-state index is 15.5. The fourth-order valence-electron chi connectivity index (χ4n) is 4.24. The maximum Gasteiger partial charge on any atom is 0.254 e. The van der Waals surface area contributed by atoms with E-state index >= 15 is 8.78 Å². The fraction of sp³-hybridized carbons (Fsp3) is 0.458. The number of hydrogen-bond acceptors (Lipinski definition) is 4. The van der Waals surface area contributed by atoms with Crippen molar-refractivity contribution < 1.29 is 32.0 Å². The van der Waals surface area contributed by atoms with Crippen LogP contribution in [0.1, 0.15) is 32.3 Å². The largest absolute Gasteiger partial charge is 0.598 e. The summed E-state index contributed by atoms with van der Waals surface area (Å²) >= 11 is -1.52. The third-order valence-corrected chi connectivity index (χ3v) is 7.77. The normalized spacial score (nSPS) is 23.9. The number of carbonyl (C=O) groups is 1. The van der Waals surface area contributed by atoms with Gasteiger partial charge in [-0.25, -0.2) is 17.6 Å². The molecule has 1 unspecified atom stereocenters. The Bertz CT molecular complexity index is 1080. The van der Waals surface area contributed by atoms with Gasteiger partial charge in [-0.3, -0.25) is 4.79 Å². The summed E-state index contributed by atoms with van der Waals surface area (Å²) in [5.74, 6) is -3.88. The van der Waals surface area contributed by atoms with Gasteiger partial charge < -0.3 is 14.6 Å². The minimum Gasteiger partial charge on any atom is -0.598 e. The smallest absolute Gasteiger partial charge is 0.254 e. The van der Waals surface area contributed by atoms with Gasteiger partial charge in [-0.05, 0) is 31.9 Å². The molecule has 1 heterocycles. The van der Waals surface area contributed by atoms with E-state index in [1.807, 2.05) is 0 Å². The molecule has 2 N–H and O–H groups in total. The fourth-order valence-corrected chi connectivity index (χ4v) is 5.57. The minimum atomic E-state index is -1.80. The summed E-state index contributed by atoms with van der Waals surface area (Å²) in [5, 5.41) is 10.1. The molecular formula is C24H26F4N2O3S. The Balaban J connectivity index is 1.69. The number of hydrogen-bond donors (Lipinski definition) is 2. The van der Waals surface area contributed by atoms with E-state index < -0.39 is 58.6 Å². The van der Waals surface area contributed by atoms with Crippen LogP contribution in [0.15, 0.2) is 36.4 Å². The van der Waals surface area contributed by atoms with E-state index in [0.717, 1.165) is 23.8 Å². The Morgan fingerprint density at radius 2 is 1.76 bits per heavy atom. The molecule has 2 aromatic rings. The number of rotatable bonds is 7. The van der Waals surface area contributed by atoms with Gasteiger partial charge in [0.25, 0.3) is 5.91 Å². The lowest BCUT2D eigenvalue weighted by Crippen LogP contribution is -2.53. The lowest BCUT2D eigenvalue weighted by Gasteiger charge is -2.32. The third kappa shape index (κ3) is 4.95. The summed E-state index contributed by atoms with van der Waals surface area (Å²) in [6, 6.07) is 5.62. The predicted molar refractivity (Wildman–Crippen MR) is 120 cm³/mol. The minimum absolute atomic E-state index is 0.0535. The highest BCUT2D eigenvalue weighted by Gasteiger charge is 2.50. The molecule has 2 aliphatic rings. The highest BCUT2D eigenvalue weighted by atomic mass is 32.2. The Morgan fingerprint density at radius 1 is 1.15 bits per heavy atom. The second kappa shape index (κ2) is 9.49. The molecule has 2 fully saturated rings. The number of carbonyl (C=O) groups excluding carboxylic acids is 1. The lowest BCUT2D eigenvalue weighted by atomic mass is 9.95. The summed E-state index contributed by atoms with van der Waals surface area (Å²) < 4.78 is 73.9. The molecule has 10 heteroatoms. The number of nitrogens with one attached hydrogen (secondary N) is 1. The van der Waals surface area contributed by atoms with Gasteiger partial charge in [-0.2, -0.15) is 0 Å². The maximum atomic E-state index is 15.5. The van der Waals surface area contributed by atoms with Crippen molar-refractivity contribution in [3.63, 3.8) is 0 Å². The Kier molecular flexibility index (Phi) is 6.97. The molecule has 0 spiro atoms. The predicted octanol–water partition coefficient (Wildman–Crippen LogP) is 3.42. The van der Waals surface area contributed by atoms with Crippen molar-refractivity contribution in [2.45, 2.75) is 62.2 Å². The van der Waals surface area contributed by atoms with E-state index in [1.54, 1.807) is 0 Å². The second-order valence-electron chi connectivity index (χ2n) is 9.32. The zero-order valence-electron chi connectivity index (χ0n) is 18.7. The summed E-state index contributed by atoms with van der Waals surface area (Å²) in [6.45, 7) is 2.19. The van der Waals surface area contributed by atoms with Crippen LogP contribution in [0.4, 0.5) is 17.6 Å². The van der Waals surface area contributed by atoms with Crippen LogP contribution in [0.25, 0.3) is 11.1 Å². The monoisotopic (exact) mass is 498 g/mol. The first kappa shape index (κ1) is 25.0. The first-order valence-electron chi connectivity index (χ1n) is 11.0. The van der Waals surface area contributed by atoms with E-state index in [-0.39, 0.29) is 34.9 Å². The standard InChI is InChI=1S/C24H26F4N2O3S/c1-24(2,32)23(31)30-12-18(26)22(29-34(33)14-9-10-14)19(30)11-13-5-3-6-15(20(13)27)16-7-4-8-17(25)21(16)28/h3-8,14,18-19,22,29,32H,9-12H2,1-2H3/t18-,19-,22-,34?/m0/s1. The molecule has 0 bridgehead atoms. The Hall–Kier alpha value is -2.14. The second-order valence-corrected chi connectivity index (χ2v) is 10.8. The molecule has 1 saturated carbocycles. The van der Waals surface area contributed by atoms with Crippen molar-refractivity contribution in [2.75, 3.05) is 6.54 Å². The number of nitrogens with zero attached hydrogens (tertiary/aromatic N) is 1. The van der Waals surface area contributed by atoms with Crippen LogP contribution in [0, 0.1) is 17.5 Å². The van der Waals surface area contributed by atoms with E-state index in [0.29, 0.717) is 0 Å². The lowest BCUT2D eigenvalue weighted by molar-refractivity contribution is -0.149. The molecule has 0 radical (unpaired) electrons. The topological polar surface area (TPSA) is 75.6 Å². The van der Waals surface area contributed by atoms with Crippen molar-refractivity contribution in [1.29, 1.82) is 0 Å². The van der Waals surface area contributed by atoms with Gasteiger partial charge in [0.05, 0.1) is 12.6 Å². The van der Waals surface area contributed by atoms with E-state index in [9.17, 15) is 23.2 Å². The first-order chi connectivity index (χ1) is 16.0. The van der Waals surface area contributed by atoms with Crippen molar-refractivity contribution in [3.05, 3.63) is 59.4 Å². The van der Waals surface area contributed by atoms with E-state index in [1.165, 1.54) is 44.2 Å². The molecule has 0 aromatic heterocycles. The molecule has 5 nitrogen and oxygen atoms in total. The highest BCUT2D eigenvalue weighted by Crippen LogP contribution is 2.34. The van der Waals surface area contributed by atoms with Crippen molar-refractivity contribution >= 4 is 17.3 Å². The van der Waals surface area contributed by atoms with Crippen LogP contribution in [0.2, 0.25) is 0 Å². The van der Waals surface area contributed by atoms with Crippen molar-refractivity contribution in [3.8, 4) is 11.1 Å². The number of amides is 1. The molecule has 4 rings (SSSR count). The average Bonchev–Trinajstić information content (AvgIpc) is 3.58. The number of alkyl halides is 1. The molecule has 1 saturated heterocycles. The number of likely N-dealkylation sites (tertiary alicyclic amines) is 1. The summed E-state index contributed by atoms with van der Waals surface area (Å²) in [6.07, 6.45) is -0.282. The Labute approximate surface area is 198 Å². The SMILES string of the molecule is CC(C)(O)C(=O)N1C[C@H](F)[C@H](N[S+]([O-])C2CC2)[C@@H]1Cc1cccc(-c2cccc(F)c2F)c1F. The molecule has 2 aromatic carbocycles. The van der Waals surface area contributed by atoms with Gasteiger partial charge in [-0.15, -0.1) is 4.72 Å². The van der Waals surface area contributed by atoms with Gasteiger partial charge in [0, 0.05) is 35.3 Å². The molecule has 1 aliphatic carbocycles. The summed E-state index contributed by atoms with van der Waals surface area (Å²) in [4.78, 5) is 14.0. The molecule has 4 atom stereocenters. The molecular weight excluding hydrogens is 472 g/mol. The van der Waals surface area contributed by atoms with Crippen LogP contribution in [0.3, 0.4) is 0 Å². The van der Waals surface area contributed by atoms with Crippen LogP contribution in [-0.4, -0.2) is 56.1 Å². The third-order valence-electron chi connectivity index (χ3n) is 6.19. The average molecular weight is 499 g/mol. The number of aliphatic hydroxyl groups is 1. The van der Waals surface area contributed by atoms with Crippen LogP contribution < -0.4 is 4.72 Å². The van der Waals surface area contributed by atoms with E-state index in [2.05, 4.69) is 4.72 Å². The van der Waals surface area contributed by atoms with Crippen LogP contribution in [0.5, 0.6) is 0 Å². The van der Waals surface area contributed by atoms with Gasteiger partial charge in [-0.1, -0.05) is 30.3 Å². The molecule has 1 amide bonds. The summed E-state index contributed by atoms with van der Waals surface area (Å²) in [5.41, 5.74) is -2.18. The molecule has 184 valence electrons. The van der Waals surface area contributed by atoms with Crippen molar-refractivity contribution in [2.24, 2.45) is 0 Å². The van der Waals surface area contributed by atoms with Gasteiger partial charge in [0.15, 0.2) is 11.6 Å². The van der Waals surface area contributed by atoms with Gasteiger partial charge in [0.2, 0.25) is 0 Å². The van der Waals surface area contributed by atoms with E-state index in [4.69, 9.17) is 0 Å². The number of benzene rings is 2. The molecule has 1 aliphatic heterocycles. The Morgan fingerprint density at radius 3 is 2.38 bits per heavy atom.